The fraction of sp³-hybridized carbons (Fsp3) is 1.00. The van der Waals surface area contributed by atoms with Gasteiger partial charge in [0.25, 0.3) is 0 Å². The van der Waals surface area contributed by atoms with E-state index in [4.69, 9.17) is 0 Å². The highest BCUT2D eigenvalue weighted by Crippen LogP contribution is 2.78. The monoisotopic (exact) mass is 470 g/mol. The second-order valence-electron chi connectivity index (χ2n) is 16.8. The first-order chi connectivity index (χ1) is 15.6. The van der Waals surface area contributed by atoms with Gasteiger partial charge in [-0.3, -0.25) is 0 Å². The van der Waals surface area contributed by atoms with E-state index in [2.05, 4.69) is 62.3 Å². The summed E-state index contributed by atoms with van der Waals surface area (Å²) in [7, 11) is 0. The molecule has 5 rings (SSSR count). The van der Waals surface area contributed by atoms with E-state index in [0.717, 1.165) is 30.1 Å². The molecule has 0 bridgehead atoms. The van der Waals surface area contributed by atoms with Gasteiger partial charge in [-0.15, -0.1) is 0 Å². The fourth-order valence-corrected chi connectivity index (χ4v) is 12.6. The summed E-state index contributed by atoms with van der Waals surface area (Å²) in [6.45, 7) is 23.5. The van der Waals surface area contributed by atoms with E-state index in [1.807, 2.05) is 0 Å². The minimum absolute atomic E-state index is 0.0603. The lowest BCUT2D eigenvalue weighted by Crippen LogP contribution is -2.68. The van der Waals surface area contributed by atoms with Gasteiger partial charge in [0.05, 0.1) is 6.10 Å². The number of rotatable bonds is 0. The predicted octanol–water partition coefficient (Wildman–Crippen LogP) is 9.28. The molecule has 0 aromatic rings. The van der Waals surface area contributed by atoms with Crippen molar-refractivity contribution >= 4 is 0 Å². The maximum absolute atomic E-state index is 11.0. The quantitative estimate of drug-likeness (QED) is 0.374. The number of hydrogen-bond acceptors (Lipinski definition) is 1. The Hall–Kier alpha value is -0.0400. The SMILES string of the molecule is CC(C)(C)C1CC[C@H]2CCCC[C@]3(C)[C@](C)(CC[C@@H]4[C@@]5(C)CCC(O)C(C)(C)[C@@H]5CC[C@]43C)C12. The van der Waals surface area contributed by atoms with Gasteiger partial charge in [0.1, 0.15) is 0 Å². The summed E-state index contributed by atoms with van der Waals surface area (Å²) in [5.74, 6) is 4.24. The second kappa shape index (κ2) is 7.74. The van der Waals surface area contributed by atoms with Crippen LogP contribution < -0.4 is 0 Å². The number of fused-ring (bicyclic) bond motifs is 7. The molecule has 3 unspecified atom stereocenters. The molecule has 10 atom stereocenters. The summed E-state index contributed by atoms with van der Waals surface area (Å²) in [4.78, 5) is 0. The van der Waals surface area contributed by atoms with Crippen molar-refractivity contribution in [1.82, 2.24) is 0 Å². The lowest BCUT2D eigenvalue weighted by Gasteiger charge is -2.74. The van der Waals surface area contributed by atoms with Crippen LogP contribution in [0.15, 0.2) is 0 Å². The van der Waals surface area contributed by atoms with Crippen molar-refractivity contribution in [2.24, 2.45) is 62.1 Å². The molecule has 0 spiro atoms. The summed E-state index contributed by atoms with van der Waals surface area (Å²) < 4.78 is 0. The molecule has 5 fully saturated rings. The molecule has 0 amide bonds. The van der Waals surface area contributed by atoms with Crippen LogP contribution in [0.3, 0.4) is 0 Å². The van der Waals surface area contributed by atoms with Crippen molar-refractivity contribution in [3.05, 3.63) is 0 Å². The molecule has 0 saturated heterocycles. The molecule has 5 saturated carbocycles. The third-order valence-corrected chi connectivity index (χ3v) is 14.6. The van der Waals surface area contributed by atoms with E-state index >= 15 is 0 Å². The van der Waals surface area contributed by atoms with Crippen molar-refractivity contribution < 1.29 is 5.11 Å². The van der Waals surface area contributed by atoms with Gasteiger partial charge < -0.3 is 5.11 Å². The molecule has 1 N–H and O–H groups in total. The van der Waals surface area contributed by atoms with Gasteiger partial charge in [0.15, 0.2) is 0 Å². The molecule has 0 aliphatic heterocycles. The van der Waals surface area contributed by atoms with Gasteiger partial charge in [-0.2, -0.15) is 0 Å². The van der Waals surface area contributed by atoms with Crippen molar-refractivity contribution in [2.45, 2.75) is 145 Å². The third kappa shape index (κ3) is 3.13. The molecule has 0 radical (unpaired) electrons. The Balaban J connectivity index is 1.60. The van der Waals surface area contributed by atoms with E-state index in [1.165, 1.54) is 70.6 Å². The zero-order valence-corrected chi connectivity index (χ0v) is 24.4. The van der Waals surface area contributed by atoms with Crippen LogP contribution in [0, 0.1) is 62.1 Å². The molecule has 5 aliphatic rings. The average Bonchev–Trinajstić information content (AvgIpc) is 3.16. The molecule has 0 heterocycles. The normalized spacial score (nSPS) is 55.2. The molecule has 0 aromatic heterocycles. The summed E-state index contributed by atoms with van der Waals surface area (Å²) >= 11 is 0. The van der Waals surface area contributed by atoms with Gasteiger partial charge in [0, 0.05) is 0 Å². The molecule has 196 valence electrons. The van der Waals surface area contributed by atoms with Crippen LogP contribution in [0.2, 0.25) is 0 Å². The average molecular weight is 471 g/mol. The zero-order chi connectivity index (χ0) is 24.9. The zero-order valence-electron chi connectivity index (χ0n) is 24.4. The Morgan fingerprint density at radius 2 is 1.29 bits per heavy atom. The van der Waals surface area contributed by atoms with E-state index in [1.54, 1.807) is 0 Å². The first-order valence-corrected chi connectivity index (χ1v) is 15.3. The fourth-order valence-electron chi connectivity index (χ4n) is 12.6. The highest BCUT2D eigenvalue weighted by Gasteiger charge is 2.71. The van der Waals surface area contributed by atoms with Crippen LogP contribution in [-0.2, 0) is 0 Å². The molecular weight excluding hydrogens is 412 g/mol. The molecule has 0 aromatic carbocycles. The number of aliphatic hydroxyl groups excluding tert-OH is 1. The first-order valence-electron chi connectivity index (χ1n) is 15.3. The summed E-state index contributed by atoms with van der Waals surface area (Å²) in [5, 5.41) is 11.0. The lowest BCUT2D eigenvalue weighted by atomic mass is 9.30. The van der Waals surface area contributed by atoms with Gasteiger partial charge in [-0.1, -0.05) is 81.6 Å². The minimum Gasteiger partial charge on any atom is -0.393 e. The van der Waals surface area contributed by atoms with Crippen LogP contribution in [0.4, 0.5) is 0 Å². The summed E-state index contributed by atoms with van der Waals surface area (Å²) in [5.41, 5.74) is 2.19. The standard InChI is InChI=1S/C33H58O/c1-28(2,3)23-14-13-22-12-10-11-18-33(9)31(7)20-15-24-29(4,5)26(34)17-19-30(24,6)25(31)16-21-32(33,8)27(22)23/h22-27,34H,10-21H2,1-9H3/t22-,23?,24+,25-,26?,27?,30+,31-,32-,33+/m1/s1. The Bertz CT molecular complexity index is 791. The molecular formula is C33H58O. The van der Waals surface area contributed by atoms with E-state index < -0.39 is 0 Å². The van der Waals surface area contributed by atoms with E-state index in [9.17, 15) is 5.11 Å². The van der Waals surface area contributed by atoms with Gasteiger partial charge in [-0.25, -0.2) is 0 Å². The van der Waals surface area contributed by atoms with Crippen LogP contribution >= 0.6 is 0 Å². The number of hydrogen-bond donors (Lipinski definition) is 1. The topological polar surface area (TPSA) is 20.2 Å². The third-order valence-electron chi connectivity index (χ3n) is 14.6. The minimum atomic E-state index is -0.118. The van der Waals surface area contributed by atoms with E-state index in [0.29, 0.717) is 33.0 Å². The van der Waals surface area contributed by atoms with Crippen molar-refractivity contribution in [2.75, 3.05) is 0 Å². The second-order valence-corrected chi connectivity index (χ2v) is 16.8. The van der Waals surface area contributed by atoms with Crippen LogP contribution in [0.5, 0.6) is 0 Å². The van der Waals surface area contributed by atoms with E-state index in [-0.39, 0.29) is 11.5 Å². The van der Waals surface area contributed by atoms with Crippen LogP contribution in [0.25, 0.3) is 0 Å². The Labute approximate surface area is 212 Å². The van der Waals surface area contributed by atoms with Crippen LogP contribution in [0.1, 0.15) is 139 Å². The van der Waals surface area contributed by atoms with Crippen molar-refractivity contribution in [3.63, 3.8) is 0 Å². The summed E-state index contributed by atoms with van der Waals surface area (Å²) in [6.07, 6.45) is 16.5. The maximum Gasteiger partial charge on any atom is 0.0594 e. The predicted molar refractivity (Wildman–Crippen MR) is 145 cm³/mol. The highest BCUT2D eigenvalue weighted by molar-refractivity contribution is 5.20. The van der Waals surface area contributed by atoms with Gasteiger partial charge in [-0.05, 0) is 120 Å². The molecule has 1 heteroatoms. The van der Waals surface area contributed by atoms with Gasteiger partial charge >= 0.3 is 0 Å². The molecule has 34 heavy (non-hydrogen) atoms. The first kappa shape index (κ1) is 25.6. The highest BCUT2D eigenvalue weighted by atomic mass is 16.3. The largest absolute Gasteiger partial charge is 0.393 e. The smallest absolute Gasteiger partial charge is 0.0594 e. The maximum atomic E-state index is 11.0. The Morgan fingerprint density at radius 3 is 1.97 bits per heavy atom. The summed E-state index contributed by atoms with van der Waals surface area (Å²) in [6, 6.07) is 0. The number of aliphatic hydroxyl groups is 1. The lowest BCUT2D eigenvalue weighted by molar-refractivity contribution is -0.262. The molecule has 5 aliphatic carbocycles. The van der Waals surface area contributed by atoms with Crippen molar-refractivity contribution in [3.8, 4) is 0 Å². The van der Waals surface area contributed by atoms with Gasteiger partial charge in [0.2, 0.25) is 0 Å². The van der Waals surface area contributed by atoms with Crippen molar-refractivity contribution in [1.29, 1.82) is 0 Å². The Kier molecular flexibility index (Phi) is 5.83. The molecule has 1 nitrogen and oxygen atoms in total. The van der Waals surface area contributed by atoms with Crippen LogP contribution in [-0.4, -0.2) is 11.2 Å². The Morgan fingerprint density at radius 1 is 0.647 bits per heavy atom.